The molecule has 0 amide bonds. The Morgan fingerprint density at radius 1 is 1.62 bits per heavy atom. The lowest BCUT2D eigenvalue weighted by atomic mass is 10.0. The number of carboxylic acid groups (broad SMARTS) is 1. The Labute approximate surface area is 81.1 Å². The van der Waals surface area contributed by atoms with Crippen LogP contribution in [-0.2, 0) is 4.79 Å². The summed E-state index contributed by atoms with van der Waals surface area (Å²) in [5.41, 5.74) is 6.73. The van der Waals surface area contributed by atoms with Crippen molar-refractivity contribution in [1.82, 2.24) is 0 Å². The molecule has 0 unspecified atom stereocenters. The summed E-state index contributed by atoms with van der Waals surface area (Å²) in [6.07, 6.45) is 0. The standard InChI is InChI=1S/C9H10ClNO2/c1-5-3-2-4-6(10)7(5)8(11)9(12)13/h2-4,8H,11H2,1H3,(H,12,13)/t8-/m0/s1. The summed E-state index contributed by atoms with van der Waals surface area (Å²) in [6.45, 7) is 1.78. The number of rotatable bonds is 2. The van der Waals surface area contributed by atoms with Crippen LogP contribution in [0.15, 0.2) is 18.2 Å². The van der Waals surface area contributed by atoms with E-state index in [1.54, 1.807) is 25.1 Å². The van der Waals surface area contributed by atoms with Gasteiger partial charge in [0.05, 0.1) is 0 Å². The number of aryl methyl sites for hydroxylation is 1. The number of hydrogen-bond acceptors (Lipinski definition) is 2. The lowest BCUT2D eigenvalue weighted by Crippen LogP contribution is -2.21. The second kappa shape index (κ2) is 3.77. The highest BCUT2D eigenvalue weighted by atomic mass is 35.5. The first kappa shape index (κ1) is 10.0. The maximum Gasteiger partial charge on any atom is 0.325 e. The smallest absolute Gasteiger partial charge is 0.325 e. The third-order valence-electron chi connectivity index (χ3n) is 1.85. The van der Waals surface area contributed by atoms with Crippen molar-refractivity contribution in [2.45, 2.75) is 13.0 Å². The molecule has 1 rings (SSSR count). The molecule has 1 aromatic carbocycles. The fourth-order valence-electron chi connectivity index (χ4n) is 1.16. The van der Waals surface area contributed by atoms with Gasteiger partial charge >= 0.3 is 5.97 Å². The summed E-state index contributed by atoms with van der Waals surface area (Å²) >= 11 is 5.83. The van der Waals surface area contributed by atoms with Crippen LogP contribution in [0.4, 0.5) is 0 Å². The normalized spacial score (nSPS) is 12.5. The Kier molecular flexibility index (Phi) is 2.90. The van der Waals surface area contributed by atoms with Gasteiger partial charge in [0.25, 0.3) is 0 Å². The first-order valence-corrected chi connectivity index (χ1v) is 4.15. The minimum Gasteiger partial charge on any atom is -0.480 e. The Bertz CT molecular complexity index is 318. The molecule has 3 N–H and O–H groups in total. The van der Waals surface area contributed by atoms with E-state index in [4.69, 9.17) is 22.4 Å². The fourth-order valence-corrected chi connectivity index (χ4v) is 1.50. The number of carbonyl (C=O) groups is 1. The number of hydrogen-bond donors (Lipinski definition) is 2. The van der Waals surface area contributed by atoms with Crippen molar-refractivity contribution in [2.75, 3.05) is 0 Å². The van der Waals surface area contributed by atoms with E-state index in [1.807, 2.05) is 0 Å². The van der Waals surface area contributed by atoms with Crippen molar-refractivity contribution in [1.29, 1.82) is 0 Å². The molecular formula is C9H10ClNO2. The molecule has 0 aliphatic rings. The van der Waals surface area contributed by atoms with Gasteiger partial charge in [0.2, 0.25) is 0 Å². The first-order valence-electron chi connectivity index (χ1n) is 3.77. The summed E-state index contributed by atoms with van der Waals surface area (Å²) in [7, 11) is 0. The van der Waals surface area contributed by atoms with E-state index >= 15 is 0 Å². The Balaban J connectivity index is 3.20. The highest BCUT2D eigenvalue weighted by Gasteiger charge is 2.18. The van der Waals surface area contributed by atoms with Crippen LogP contribution in [0.5, 0.6) is 0 Å². The van der Waals surface area contributed by atoms with Gasteiger partial charge in [0.15, 0.2) is 0 Å². The molecule has 0 fully saturated rings. The molecule has 1 atom stereocenters. The van der Waals surface area contributed by atoms with Gasteiger partial charge in [-0.15, -0.1) is 0 Å². The van der Waals surface area contributed by atoms with Gasteiger partial charge in [-0.3, -0.25) is 4.79 Å². The van der Waals surface area contributed by atoms with Crippen LogP contribution >= 0.6 is 11.6 Å². The van der Waals surface area contributed by atoms with Gasteiger partial charge < -0.3 is 10.8 Å². The second-order valence-electron chi connectivity index (χ2n) is 2.79. The largest absolute Gasteiger partial charge is 0.480 e. The summed E-state index contributed by atoms with van der Waals surface area (Å²) in [6, 6.07) is 4.13. The van der Waals surface area contributed by atoms with Crippen LogP contribution in [0.3, 0.4) is 0 Å². The van der Waals surface area contributed by atoms with E-state index in [0.717, 1.165) is 5.56 Å². The molecule has 0 aliphatic carbocycles. The fraction of sp³-hybridized carbons (Fsp3) is 0.222. The molecule has 0 radical (unpaired) electrons. The van der Waals surface area contributed by atoms with Crippen molar-refractivity contribution in [3.8, 4) is 0 Å². The minimum absolute atomic E-state index is 0.398. The van der Waals surface area contributed by atoms with Crippen molar-refractivity contribution in [3.05, 3.63) is 34.3 Å². The molecule has 4 heteroatoms. The summed E-state index contributed by atoms with van der Waals surface area (Å²) in [5, 5.41) is 9.10. The molecule has 1 aromatic rings. The number of carboxylic acids is 1. The average Bonchev–Trinajstić information content (AvgIpc) is 2.03. The summed E-state index contributed by atoms with van der Waals surface area (Å²) in [5.74, 6) is -1.07. The molecule has 0 saturated carbocycles. The summed E-state index contributed by atoms with van der Waals surface area (Å²) in [4.78, 5) is 10.6. The van der Waals surface area contributed by atoms with E-state index in [1.165, 1.54) is 0 Å². The van der Waals surface area contributed by atoms with E-state index < -0.39 is 12.0 Å². The average molecular weight is 200 g/mol. The second-order valence-corrected chi connectivity index (χ2v) is 3.19. The molecule has 0 saturated heterocycles. The van der Waals surface area contributed by atoms with Gasteiger partial charge in [-0.05, 0) is 18.6 Å². The maximum atomic E-state index is 10.6. The predicted molar refractivity (Wildman–Crippen MR) is 50.8 cm³/mol. The Morgan fingerprint density at radius 3 is 2.69 bits per heavy atom. The van der Waals surface area contributed by atoms with Gasteiger partial charge in [-0.2, -0.15) is 0 Å². The third-order valence-corrected chi connectivity index (χ3v) is 2.18. The highest BCUT2D eigenvalue weighted by Crippen LogP contribution is 2.24. The minimum atomic E-state index is -1.07. The molecule has 0 aliphatic heterocycles. The lowest BCUT2D eigenvalue weighted by Gasteiger charge is -2.11. The Hall–Kier alpha value is -1.06. The van der Waals surface area contributed by atoms with Gasteiger partial charge in [-0.25, -0.2) is 0 Å². The van der Waals surface area contributed by atoms with Crippen LogP contribution in [0.1, 0.15) is 17.2 Å². The quantitative estimate of drug-likeness (QED) is 0.763. The van der Waals surface area contributed by atoms with E-state index in [9.17, 15) is 4.79 Å². The van der Waals surface area contributed by atoms with Crippen LogP contribution in [0.2, 0.25) is 5.02 Å². The van der Waals surface area contributed by atoms with Crippen LogP contribution < -0.4 is 5.73 Å². The van der Waals surface area contributed by atoms with Gasteiger partial charge in [0.1, 0.15) is 6.04 Å². The van der Waals surface area contributed by atoms with Crippen LogP contribution in [0, 0.1) is 6.92 Å². The van der Waals surface area contributed by atoms with Crippen LogP contribution in [-0.4, -0.2) is 11.1 Å². The van der Waals surface area contributed by atoms with Crippen molar-refractivity contribution < 1.29 is 9.90 Å². The van der Waals surface area contributed by atoms with Crippen molar-refractivity contribution in [2.24, 2.45) is 5.73 Å². The topological polar surface area (TPSA) is 63.3 Å². The van der Waals surface area contributed by atoms with Crippen molar-refractivity contribution in [3.63, 3.8) is 0 Å². The molecule has 0 spiro atoms. The highest BCUT2D eigenvalue weighted by molar-refractivity contribution is 6.31. The van der Waals surface area contributed by atoms with Gasteiger partial charge in [0, 0.05) is 10.6 Å². The van der Waals surface area contributed by atoms with E-state index in [0.29, 0.717) is 10.6 Å². The Morgan fingerprint density at radius 2 is 2.23 bits per heavy atom. The molecule has 13 heavy (non-hydrogen) atoms. The number of aliphatic carboxylic acids is 1. The number of halogens is 1. The van der Waals surface area contributed by atoms with Gasteiger partial charge in [-0.1, -0.05) is 23.7 Å². The zero-order chi connectivity index (χ0) is 10.0. The third kappa shape index (κ3) is 1.99. The molecule has 70 valence electrons. The predicted octanol–water partition coefficient (Wildman–Crippen LogP) is 1.73. The maximum absolute atomic E-state index is 10.6. The number of benzene rings is 1. The lowest BCUT2D eigenvalue weighted by molar-refractivity contribution is -0.138. The van der Waals surface area contributed by atoms with Crippen molar-refractivity contribution >= 4 is 17.6 Å². The molecule has 0 aromatic heterocycles. The van der Waals surface area contributed by atoms with Crippen LogP contribution in [0.25, 0.3) is 0 Å². The zero-order valence-electron chi connectivity index (χ0n) is 7.12. The van der Waals surface area contributed by atoms with E-state index in [-0.39, 0.29) is 0 Å². The van der Waals surface area contributed by atoms with E-state index in [2.05, 4.69) is 0 Å². The zero-order valence-corrected chi connectivity index (χ0v) is 7.88. The SMILES string of the molecule is Cc1cccc(Cl)c1[C@H](N)C(=O)O. The monoisotopic (exact) mass is 199 g/mol. The molecule has 0 bridgehead atoms. The molecule has 3 nitrogen and oxygen atoms in total. The number of nitrogens with two attached hydrogens (primary N) is 1. The first-order chi connectivity index (χ1) is 6.04. The summed E-state index contributed by atoms with van der Waals surface area (Å²) < 4.78 is 0. The molecule has 0 heterocycles. The molecular weight excluding hydrogens is 190 g/mol.